The first-order valence-corrected chi connectivity index (χ1v) is 4.80. The summed E-state index contributed by atoms with van der Waals surface area (Å²) < 4.78 is 28.5. The van der Waals surface area contributed by atoms with Crippen molar-refractivity contribution in [1.29, 1.82) is 0 Å². The maximum absolute atomic E-state index is 13.5. The van der Waals surface area contributed by atoms with Crippen molar-refractivity contribution in [3.05, 3.63) is 24.0 Å². The van der Waals surface area contributed by atoms with Gasteiger partial charge >= 0.3 is 0 Å². The lowest BCUT2D eigenvalue weighted by molar-refractivity contribution is 0.337. The summed E-state index contributed by atoms with van der Waals surface area (Å²) in [5, 5.41) is 3.56. The number of hydrogen-bond acceptors (Lipinski definition) is 5. The van der Waals surface area contributed by atoms with Crippen LogP contribution in [-0.2, 0) is 0 Å². The Labute approximate surface area is 96.9 Å². The van der Waals surface area contributed by atoms with E-state index in [2.05, 4.69) is 5.16 Å². The zero-order chi connectivity index (χ0) is 12.4. The molecule has 0 spiro atoms. The van der Waals surface area contributed by atoms with Crippen LogP contribution in [0, 0.1) is 5.82 Å². The van der Waals surface area contributed by atoms with Crippen molar-refractivity contribution in [2.45, 2.75) is 0 Å². The Bertz CT molecular complexity index is 540. The van der Waals surface area contributed by atoms with Gasteiger partial charge in [-0.2, -0.15) is 0 Å². The predicted molar refractivity (Wildman–Crippen MR) is 59.4 cm³/mol. The Balaban J connectivity index is 2.62. The highest BCUT2D eigenvalue weighted by Gasteiger charge is 2.18. The van der Waals surface area contributed by atoms with Crippen molar-refractivity contribution in [2.75, 3.05) is 20.0 Å². The van der Waals surface area contributed by atoms with Crippen molar-refractivity contribution in [1.82, 2.24) is 5.16 Å². The van der Waals surface area contributed by atoms with E-state index in [-0.39, 0.29) is 17.3 Å². The van der Waals surface area contributed by atoms with Crippen molar-refractivity contribution >= 4 is 5.82 Å². The molecule has 2 N–H and O–H groups in total. The number of hydrogen-bond donors (Lipinski definition) is 1. The van der Waals surface area contributed by atoms with Crippen LogP contribution in [0.1, 0.15) is 0 Å². The van der Waals surface area contributed by atoms with Crippen LogP contribution in [-0.4, -0.2) is 19.4 Å². The molecule has 90 valence electrons. The zero-order valence-electron chi connectivity index (χ0n) is 9.36. The van der Waals surface area contributed by atoms with Gasteiger partial charge in [0.25, 0.3) is 0 Å². The molecule has 0 radical (unpaired) electrons. The van der Waals surface area contributed by atoms with E-state index in [4.69, 9.17) is 19.7 Å². The fourth-order valence-corrected chi connectivity index (χ4v) is 1.54. The summed E-state index contributed by atoms with van der Waals surface area (Å²) in [5.41, 5.74) is 5.98. The fourth-order valence-electron chi connectivity index (χ4n) is 1.54. The van der Waals surface area contributed by atoms with E-state index in [1.165, 1.54) is 32.4 Å². The number of nitrogens with two attached hydrogens (primary N) is 1. The molecule has 5 nitrogen and oxygen atoms in total. The van der Waals surface area contributed by atoms with Crippen LogP contribution >= 0.6 is 0 Å². The number of halogens is 1. The molecule has 0 aliphatic carbocycles. The molecule has 0 unspecified atom stereocenters. The average molecular weight is 238 g/mol. The number of benzene rings is 1. The summed E-state index contributed by atoms with van der Waals surface area (Å²) >= 11 is 0. The molecule has 0 fully saturated rings. The minimum absolute atomic E-state index is 0.0139. The summed E-state index contributed by atoms with van der Waals surface area (Å²) in [6, 6.07) is 4.29. The summed E-state index contributed by atoms with van der Waals surface area (Å²) in [7, 11) is 2.78. The molecule has 0 saturated heterocycles. The van der Waals surface area contributed by atoms with Gasteiger partial charge in [-0.15, -0.1) is 0 Å². The van der Waals surface area contributed by atoms with E-state index in [9.17, 15) is 4.39 Å². The molecule has 0 amide bonds. The Morgan fingerprint density at radius 2 is 1.94 bits per heavy atom. The first-order chi connectivity index (χ1) is 8.17. The molecule has 2 aromatic rings. The van der Waals surface area contributed by atoms with Crippen molar-refractivity contribution in [3.8, 4) is 22.8 Å². The van der Waals surface area contributed by atoms with Crippen LogP contribution in [0.25, 0.3) is 11.3 Å². The third kappa shape index (κ3) is 1.89. The maximum Gasteiger partial charge on any atom is 0.197 e. The highest BCUT2D eigenvalue weighted by molar-refractivity contribution is 5.71. The Hall–Kier alpha value is -2.24. The Morgan fingerprint density at radius 1 is 1.24 bits per heavy atom. The number of rotatable bonds is 3. The van der Waals surface area contributed by atoms with E-state index in [1.54, 1.807) is 0 Å². The Morgan fingerprint density at radius 3 is 2.47 bits per heavy atom. The van der Waals surface area contributed by atoms with E-state index in [0.717, 1.165) is 0 Å². The largest absolute Gasteiger partial charge is 0.492 e. The van der Waals surface area contributed by atoms with Gasteiger partial charge in [-0.1, -0.05) is 5.16 Å². The lowest BCUT2D eigenvalue weighted by Gasteiger charge is -2.11. The van der Waals surface area contributed by atoms with Gasteiger partial charge in [-0.3, -0.25) is 0 Å². The summed E-state index contributed by atoms with van der Waals surface area (Å²) in [5.74, 6) is 0.368. The molecule has 0 bridgehead atoms. The third-order valence-corrected chi connectivity index (χ3v) is 2.27. The van der Waals surface area contributed by atoms with Crippen LogP contribution in [0.3, 0.4) is 0 Å². The molecule has 6 heteroatoms. The molecule has 0 aliphatic rings. The third-order valence-electron chi connectivity index (χ3n) is 2.27. The lowest BCUT2D eigenvalue weighted by Crippen LogP contribution is -1.95. The normalized spacial score (nSPS) is 10.3. The zero-order valence-corrected chi connectivity index (χ0v) is 9.36. The monoisotopic (exact) mass is 238 g/mol. The van der Waals surface area contributed by atoms with Gasteiger partial charge in [0.05, 0.1) is 19.8 Å². The molecule has 1 aromatic heterocycles. The van der Waals surface area contributed by atoms with E-state index in [1.807, 2.05) is 0 Å². The Kier molecular flexibility index (Phi) is 2.86. The summed E-state index contributed by atoms with van der Waals surface area (Å²) in [6.07, 6.45) is 0. The number of aromatic nitrogens is 1. The van der Waals surface area contributed by atoms with Gasteiger partial charge in [-0.05, 0) is 12.1 Å². The standard InChI is InChI=1S/C11H11FN2O3/c1-15-10-6(8-5-9(13)14-17-8)3-4-7(12)11(10)16-2/h3-5H,1-2H3,(H2,13,14). The molecule has 1 heterocycles. The second kappa shape index (κ2) is 4.32. The second-order valence-corrected chi connectivity index (χ2v) is 3.28. The highest BCUT2D eigenvalue weighted by Crippen LogP contribution is 2.40. The number of anilines is 1. The fraction of sp³-hybridized carbons (Fsp3) is 0.182. The van der Waals surface area contributed by atoms with Crippen LogP contribution < -0.4 is 15.2 Å². The van der Waals surface area contributed by atoms with Crippen molar-refractivity contribution in [2.24, 2.45) is 0 Å². The van der Waals surface area contributed by atoms with E-state index < -0.39 is 5.82 Å². The van der Waals surface area contributed by atoms with Crippen LogP contribution in [0.4, 0.5) is 10.2 Å². The first kappa shape index (κ1) is 11.3. The average Bonchev–Trinajstić information content (AvgIpc) is 2.75. The minimum Gasteiger partial charge on any atom is -0.492 e. The van der Waals surface area contributed by atoms with E-state index >= 15 is 0 Å². The van der Waals surface area contributed by atoms with Gasteiger partial charge < -0.3 is 19.7 Å². The lowest BCUT2D eigenvalue weighted by atomic mass is 10.1. The first-order valence-electron chi connectivity index (χ1n) is 4.80. The second-order valence-electron chi connectivity index (χ2n) is 3.28. The van der Waals surface area contributed by atoms with Gasteiger partial charge in [0.15, 0.2) is 28.9 Å². The molecule has 2 rings (SSSR count). The molecule has 0 saturated carbocycles. The highest BCUT2D eigenvalue weighted by atomic mass is 19.1. The van der Waals surface area contributed by atoms with Crippen molar-refractivity contribution in [3.63, 3.8) is 0 Å². The van der Waals surface area contributed by atoms with Gasteiger partial charge in [0.2, 0.25) is 0 Å². The van der Waals surface area contributed by atoms with Crippen molar-refractivity contribution < 1.29 is 18.4 Å². The summed E-state index contributed by atoms with van der Waals surface area (Å²) in [6.45, 7) is 0. The van der Waals surface area contributed by atoms with Gasteiger partial charge in [0.1, 0.15) is 0 Å². The molecule has 17 heavy (non-hydrogen) atoms. The topological polar surface area (TPSA) is 70.5 Å². The number of ether oxygens (including phenoxy) is 2. The number of nitrogen functional groups attached to an aromatic ring is 1. The molecular formula is C11H11FN2O3. The maximum atomic E-state index is 13.5. The quantitative estimate of drug-likeness (QED) is 0.886. The summed E-state index contributed by atoms with van der Waals surface area (Å²) in [4.78, 5) is 0. The SMILES string of the molecule is COc1c(F)ccc(-c2cc(N)no2)c1OC. The smallest absolute Gasteiger partial charge is 0.197 e. The number of methoxy groups -OCH3 is 2. The molecular weight excluding hydrogens is 227 g/mol. The van der Waals surface area contributed by atoms with E-state index in [0.29, 0.717) is 11.3 Å². The molecule has 1 aromatic carbocycles. The van der Waals surface area contributed by atoms with Crippen LogP contribution in [0.5, 0.6) is 11.5 Å². The van der Waals surface area contributed by atoms with Gasteiger partial charge in [-0.25, -0.2) is 4.39 Å². The number of nitrogens with zero attached hydrogens (tertiary/aromatic N) is 1. The minimum atomic E-state index is -0.513. The van der Waals surface area contributed by atoms with Crippen LogP contribution in [0.15, 0.2) is 22.7 Å². The van der Waals surface area contributed by atoms with Crippen LogP contribution in [0.2, 0.25) is 0 Å². The molecule has 0 atom stereocenters. The van der Waals surface area contributed by atoms with Gasteiger partial charge in [0, 0.05) is 6.07 Å². The molecule has 0 aliphatic heterocycles. The predicted octanol–water partition coefficient (Wildman–Crippen LogP) is 2.08.